The van der Waals surface area contributed by atoms with Gasteiger partial charge in [0.05, 0.1) is 12.0 Å². The van der Waals surface area contributed by atoms with Crippen LogP contribution >= 0.6 is 0 Å². The highest BCUT2D eigenvalue weighted by molar-refractivity contribution is 4.99. The third-order valence-corrected chi connectivity index (χ3v) is 3.16. The molecule has 1 aromatic heterocycles. The van der Waals surface area contributed by atoms with Crippen LogP contribution in [0.15, 0.2) is 12.5 Å². The van der Waals surface area contributed by atoms with E-state index in [0.29, 0.717) is 12.1 Å². The third-order valence-electron chi connectivity index (χ3n) is 3.16. The normalized spacial score (nSPS) is 27.2. The summed E-state index contributed by atoms with van der Waals surface area (Å²) < 4.78 is 2.22. The van der Waals surface area contributed by atoms with E-state index in [2.05, 4.69) is 40.5 Å². The van der Waals surface area contributed by atoms with Crippen LogP contribution in [-0.4, -0.2) is 39.6 Å². The Morgan fingerprint density at radius 1 is 1.38 bits per heavy atom. The van der Waals surface area contributed by atoms with Gasteiger partial charge in [-0.1, -0.05) is 0 Å². The summed E-state index contributed by atoms with van der Waals surface area (Å²) in [5.41, 5.74) is 1.32. The zero-order chi connectivity index (χ0) is 11.5. The summed E-state index contributed by atoms with van der Waals surface area (Å²) in [6, 6.07) is 1.17. The molecule has 4 heteroatoms. The van der Waals surface area contributed by atoms with Gasteiger partial charge in [0.25, 0.3) is 0 Å². The Morgan fingerprint density at radius 2 is 2.06 bits per heavy atom. The average Bonchev–Trinajstić information content (AvgIpc) is 2.63. The first-order valence-corrected chi connectivity index (χ1v) is 6.16. The molecule has 1 N–H and O–H groups in total. The summed E-state index contributed by atoms with van der Waals surface area (Å²) in [7, 11) is 0. The van der Waals surface area contributed by atoms with E-state index in [-0.39, 0.29) is 0 Å². The fourth-order valence-corrected chi connectivity index (χ4v) is 2.56. The number of aryl methyl sites for hydroxylation is 1. The summed E-state index contributed by atoms with van der Waals surface area (Å²) in [6.07, 6.45) is 3.91. The highest BCUT2D eigenvalue weighted by Gasteiger charge is 2.21. The molecule has 0 saturated carbocycles. The van der Waals surface area contributed by atoms with Gasteiger partial charge in [-0.15, -0.1) is 0 Å². The Morgan fingerprint density at radius 3 is 2.69 bits per heavy atom. The molecule has 0 radical (unpaired) electrons. The molecule has 1 saturated heterocycles. The molecule has 90 valence electrons. The average molecular weight is 222 g/mol. The van der Waals surface area contributed by atoms with Crippen molar-refractivity contribution in [3.8, 4) is 0 Å². The van der Waals surface area contributed by atoms with Gasteiger partial charge in [0.2, 0.25) is 0 Å². The van der Waals surface area contributed by atoms with E-state index >= 15 is 0 Å². The van der Waals surface area contributed by atoms with Crippen LogP contribution in [0.5, 0.6) is 0 Å². The standard InChI is InChI=1S/C12H22N4/c1-4-16-9-13-5-12(16)8-15-6-10(2)14-11(3)7-15/h5,9-11,14H,4,6-8H2,1-3H3. The van der Waals surface area contributed by atoms with Gasteiger partial charge in [-0.05, 0) is 20.8 Å². The lowest BCUT2D eigenvalue weighted by atomic mass is 10.1. The number of hydrogen-bond donors (Lipinski definition) is 1. The molecule has 2 heterocycles. The van der Waals surface area contributed by atoms with Crippen molar-refractivity contribution in [1.82, 2.24) is 19.8 Å². The minimum absolute atomic E-state index is 0.585. The number of rotatable bonds is 3. The second-order valence-corrected chi connectivity index (χ2v) is 4.83. The van der Waals surface area contributed by atoms with Crippen molar-refractivity contribution >= 4 is 0 Å². The van der Waals surface area contributed by atoms with E-state index in [1.807, 2.05) is 12.5 Å². The van der Waals surface area contributed by atoms with E-state index in [1.165, 1.54) is 5.69 Å². The van der Waals surface area contributed by atoms with E-state index in [9.17, 15) is 0 Å². The maximum atomic E-state index is 4.22. The van der Waals surface area contributed by atoms with Gasteiger partial charge in [0, 0.05) is 44.5 Å². The van der Waals surface area contributed by atoms with Crippen LogP contribution in [-0.2, 0) is 13.1 Å². The summed E-state index contributed by atoms with van der Waals surface area (Å²) in [5, 5.41) is 3.55. The molecular formula is C12H22N4. The Kier molecular flexibility index (Phi) is 3.61. The van der Waals surface area contributed by atoms with Crippen molar-refractivity contribution in [1.29, 1.82) is 0 Å². The molecule has 4 nitrogen and oxygen atoms in total. The van der Waals surface area contributed by atoms with Gasteiger partial charge in [-0.3, -0.25) is 4.90 Å². The Bertz CT molecular complexity index is 324. The highest BCUT2D eigenvalue weighted by atomic mass is 15.2. The van der Waals surface area contributed by atoms with Crippen LogP contribution in [0.25, 0.3) is 0 Å². The largest absolute Gasteiger partial charge is 0.334 e. The van der Waals surface area contributed by atoms with Crippen LogP contribution in [0.4, 0.5) is 0 Å². The maximum Gasteiger partial charge on any atom is 0.0948 e. The van der Waals surface area contributed by atoms with Crippen LogP contribution in [0.3, 0.4) is 0 Å². The molecule has 16 heavy (non-hydrogen) atoms. The minimum atomic E-state index is 0.585. The predicted molar refractivity (Wildman–Crippen MR) is 65.2 cm³/mol. The van der Waals surface area contributed by atoms with Crippen molar-refractivity contribution in [2.75, 3.05) is 13.1 Å². The van der Waals surface area contributed by atoms with E-state index < -0.39 is 0 Å². The van der Waals surface area contributed by atoms with Gasteiger partial charge in [-0.25, -0.2) is 4.98 Å². The Hall–Kier alpha value is -0.870. The number of imidazole rings is 1. The molecular weight excluding hydrogens is 200 g/mol. The molecule has 1 fully saturated rings. The minimum Gasteiger partial charge on any atom is -0.334 e. The van der Waals surface area contributed by atoms with Gasteiger partial charge < -0.3 is 9.88 Å². The number of nitrogens with zero attached hydrogens (tertiary/aromatic N) is 3. The first-order chi connectivity index (χ1) is 7.69. The second-order valence-electron chi connectivity index (χ2n) is 4.83. The molecule has 0 bridgehead atoms. The lowest BCUT2D eigenvalue weighted by Gasteiger charge is -2.36. The fourth-order valence-electron chi connectivity index (χ4n) is 2.56. The van der Waals surface area contributed by atoms with Crippen molar-refractivity contribution < 1.29 is 0 Å². The lowest BCUT2D eigenvalue weighted by Crippen LogP contribution is -2.53. The topological polar surface area (TPSA) is 33.1 Å². The zero-order valence-corrected chi connectivity index (χ0v) is 10.5. The maximum absolute atomic E-state index is 4.22. The van der Waals surface area contributed by atoms with Gasteiger partial charge >= 0.3 is 0 Å². The summed E-state index contributed by atoms with van der Waals surface area (Å²) >= 11 is 0. The molecule has 0 amide bonds. The van der Waals surface area contributed by atoms with Crippen LogP contribution in [0, 0.1) is 0 Å². The summed E-state index contributed by atoms with van der Waals surface area (Å²) in [5.74, 6) is 0. The first kappa shape index (κ1) is 11.6. The lowest BCUT2D eigenvalue weighted by molar-refractivity contribution is 0.163. The van der Waals surface area contributed by atoms with Crippen LogP contribution in [0.1, 0.15) is 26.5 Å². The monoisotopic (exact) mass is 222 g/mol. The third kappa shape index (κ3) is 2.62. The summed E-state index contributed by atoms with van der Waals surface area (Å²) in [4.78, 5) is 6.73. The van der Waals surface area contributed by atoms with Crippen molar-refractivity contribution in [2.45, 2.75) is 45.9 Å². The zero-order valence-electron chi connectivity index (χ0n) is 10.5. The molecule has 2 unspecified atom stereocenters. The van der Waals surface area contributed by atoms with E-state index in [4.69, 9.17) is 0 Å². The fraction of sp³-hybridized carbons (Fsp3) is 0.750. The quantitative estimate of drug-likeness (QED) is 0.831. The van der Waals surface area contributed by atoms with Crippen LogP contribution in [0.2, 0.25) is 0 Å². The van der Waals surface area contributed by atoms with E-state index in [1.54, 1.807) is 0 Å². The van der Waals surface area contributed by atoms with Crippen molar-refractivity contribution in [2.24, 2.45) is 0 Å². The number of aromatic nitrogens is 2. The van der Waals surface area contributed by atoms with Crippen molar-refractivity contribution in [3.63, 3.8) is 0 Å². The number of hydrogen-bond acceptors (Lipinski definition) is 3. The van der Waals surface area contributed by atoms with Gasteiger partial charge in [0.15, 0.2) is 0 Å². The molecule has 1 aliphatic heterocycles. The smallest absolute Gasteiger partial charge is 0.0948 e. The molecule has 0 spiro atoms. The van der Waals surface area contributed by atoms with E-state index in [0.717, 1.165) is 26.2 Å². The highest BCUT2D eigenvalue weighted by Crippen LogP contribution is 2.09. The molecule has 2 rings (SSSR count). The van der Waals surface area contributed by atoms with Gasteiger partial charge in [-0.2, -0.15) is 0 Å². The number of piperazine rings is 1. The summed E-state index contributed by atoms with van der Waals surface area (Å²) in [6.45, 7) is 10.9. The molecule has 1 aliphatic rings. The van der Waals surface area contributed by atoms with Crippen molar-refractivity contribution in [3.05, 3.63) is 18.2 Å². The SMILES string of the molecule is CCn1cncc1CN1CC(C)NC(C)C1. The first-order valence-electron chi connectivity index (χ1n) is 6.16. The predicted octanol–water partition coefficient (Wildman–Crippen LogP) is 1.09. The molecule has 2 atom stereocenters. The van der Waals surface area contributed by atoms with Gasteiger partial charge in [0.1, 0.15) is 0 Å². The Balaban J connectivity index is 1.98. The Labute approximate surface area is 97.7 Å². The molecule has 1 aromatic rings. The second kappa shape index (κ2) is 4.97. The molecule has 0 aliphatic carbocycles. The molecule has 0 aromatic carbocycles. The number of nitrogens with one attached hydrogen (secondary N) is 1. The van der Waals surface area contributed by atoms with Crippen LogP contribution < -0.4 is 5.32 Å².